The quantitative estimate of drug-likeness (QED) is 0.0638. The first-order valence-corrected chi connectivity index (χ1v) is 39.1. The highest BCUT2D eigenvalue weighted by atomic mass is 28.4. The molecule has 0 aromatic rings. The molecule has 0 aliphatic carbocycles. The minimum Gasteiger partial charge on any atom is -0.417 e. The van der Waals surface area contributed by atoms with Gasteiger partial charge in [-0.3, -0.25) is 0 Å². The Morgan fingerprint density at radius 3 is 0.660 bits per heavy atom. The van der Waals surface area contributed by atoms with E-state index < -0.39 is 49.4 Å². The molecule has 0 atom stereocenters. The third kappa shape index (κ3) is 20.1. The summed E-state index contributed by atoms with van der Waals surface area (Å²) in [6.45, 7) is 58.8. The van der Waals surface area contributed by atoms with Crippen molar-refractivity contribution < 1.29 is 27.2 Å². The molecule has 0 fully saturated rings. The summed E-state index contributed by atoms with van der Waals surface area (Å²) < 4.78 is 39.2. The van der Waals surface area contributed by atoms with Crippen LogP contribution < -0.4 is 0 Å². The summed E-state index contributed by atoms with van der Waals surface area (Å²) in [6, 6.07) is 7.03. The standard InChI is InChI=1S/C41H96O6Si6/c1-38(2,3)48(13,14)44-28-34-52(21,35-29-45-49(15,16)39(4,5)6)32-26-42-24-23-25-43-27-33-53(22,36-30-46-50(17,18)40(7,8)9)37-31-47-51(19,20)41(10,11)12/h23-37H2,1-22H3. The molecule has 0 saturated carbocycles. The van der Waals surface area contributed by atoms with Gasteiger partial charge in [-0.25, -0.2) is 0 Å². The van der Waals surface area contributed by atoms with Gasteiger partial charge in [0.2, 0.25) is 0 Å². The second-order valence-electron chi connectivity index (χ2n) is 23.1. The van der Waals surface area contributed by atoms with E-state index in [9.17, 15) is 0 Å². The lowest BCUT2D eigenvalue weighted by Crippen LogP contribution is -2.44. The summed E-state index contributed by atoms with van der Waals surface area (Å²) in [5.74, 6) is 0. The fourth-order valence-electron chi connectivity index (χ4n) is 4.93. The van der Waals surface area contributed by atoms with E-state index in [4.69, 9.17) is 27.2 Å². The molecule has 0 aliphatic rings. The van der Waals surface area contributed by atoms with Crippen LogP contribution in [0.2, 0.25) is 122 Å². The third-order valence-electron chi connectivity index (χ3n) is 14.2. The maximum absolute atomic E-state index is 6.67. The maximum Gasteiger partial charge on any atom is 0.191 e. The van der Waals surface area contributed by atoms with Crippen LogP contribution in [0.25, 0.3) is 0 Å². The Hall–Kier alpha value is 1.06. The minimum atomic E-state index is -1.76. The van der Waals surface area contributed by atoms with Crippen molar-refractivity contribution >= 4 is 49.4 Å². The van der Waals surface area contributed by atoms with E-state index in [0.29, 0.717) is 0 Å². The molecule has 0 N–H and O–H groups in total. The van der Waals surface area contributed by atoms with Crippen LogP contribution in [-0.4, -0.2) is 102 Å². The minimum absolute atomic E-state index is 0.237. The molecule has 0 amide bonds. The van der Waals surface area contributed by atoms with Crippen molar-refractivity contribution in [1.29, 1.82) is 0 Å². The fraction of sp³-hybridized carbons (Fsp3) is 1.00. The Labute approximate surface area is 339 Å². The first-order valence-electron chi connectivity index (χ1n) is 21.2. The molecule has 0 radical (unpaired) electrons. The van der Waals surface area contributed by atoms with E-state index >= 15 is 0 Å². The zero-order valence-corrected chi connectivity index (χ0v) is 46.1. The lowest BCUT2D eigenvalue weighted by Gasteiger charge is -2.39. The highest BCUT2D eigenvalue weighted by molar-refractivity contribution is 6.80. The van der Waals surface area contributed by atoms with Gasteiger partial charge >= 0.3 is 0 Å². The number of hydrogen-bond acceptors (Lipinski definition) is 6. The van der Waals surface area contributed by atoms with Crippen LogP contribution in [0, 0.1) is 0 Å². The Morgan fingerprint density at radius 1 is 0.283 bits per heavy atom. The monoisotopic (exact) mass is 853 g/mol. The van der Waals surface area contributed by atoms with Gasteiger partial charge in [0.25, 0.3) is 0 Å². The van der Waals surface area contributed by atoms with Crippen molar-refractivity contribution in [3.63, 3.8) is 0 Å². The van der Waals surface area contributed by atoms with Crippen molar-refractivity contribution in [3.8, 4) is 0 Å². The van der Waals surface area contributed by atoms with E-state index in [2.05, 4.69) is 149 Å². The third-order valence-corrected chi connectivity index (χ3v) is 40.8. The number of rotatable bonds is 26. The van der Waals surface area contributed by atoms with E-state index in [0.717, 1.165) is 71.4 Å². The summed E-state index contributed by atoms with van der Waals surface area (Å²) in [5.41, 5.74) is 0. The highest BCUT2D eigenvalue weighted by Gasteiger charge is 2.41. The number of hydrogen-bond donors (Lipinski definition) is 0. The van der Waals surface area contributed by atoms with E-state index in [1.165, 1.54) is 24.2 Å². The summed E-state index contributed by atoms with van der Waals surface area (Å²) in [5, 5.41) is 0.947. The molecule has 0 saturated heterocycles. The smallest absolute Gasteiger partial charge is 0.191 e. The Bertz CT molecular complexity index is 878. The molecular formula is C41H96O6Si6. The molecule has 6 nitrogen and oxygen atoms in total. The predicted molar refractivity (Wildman–Crippen MR) is 251 cm³/mol. The first kappa shape index (κ1) is 54.1. The molecule has 0 spiro atoms. The average molecular weight is 854 g/mol. The van der Waals surface area contributed by atoms with Crippen LogP contribution in [0.15, 0.2) is 0 Å². The van der Waals surface area contributed by atoms with E-state index in [-0.39, 0.29) is 20.2 Å². The summed E-state index contributed by atoms with van der Waals surface area (Å²) in [4.78, 5) is 0. The van der Waals surface area contributed by atoms with Crippen LogP contribution >= 0.6 is 0 Å². The average Bonchev–Trinajstić information content (AvgIpc) is 2.93. The molecule has 0 unspecified atom stereocenters. The SMILES string of the molecule is CC(C)(C)[Si](C)(C)OCC[Si](C)(CCOCCCOCC[Si](C)(CCO[Si](C)(C)C(C)(C)C)CCO[Si](C)(C)C(C)(C)C)CCO[Si](C)(C)C(C)(C)C. The molecule has 0 bridgehead atoms. The summed E-state index contributed by atoms with van der Waals surface area (Å²) in [7, 11) is -10.3. The van der Waals surface area contributed by atoms with Gasteiger partial charge in [0.05, 0.1) is 16.1 Å². The van der Waals surface area contributed by atoms with Gasteiger partial charge in [-0.15, -0.1) is 0 Å². The van der Waals surface area contributed by atoms with Crippen molar-refractivity contribution in [2.75, 3.05) is 52.9 Å². The van der Waals surface area contributed by atoms with Crippen LogP contribution in [0.1, 0.15) is 89.5 Å². The molecule has 0 aliphatic heterocycles. The Morgan fingerprint density at radius 2 is 0.472 bits per heavy atom. The topological polar surface area (TPSA) is 55.4 Å². The van der Waals surface area contributed by atoms with Gasteiger partial charge in [0, 0.05) is 52.9 Å². The van der Waals surface area contributed by atoms with E-state index in [1.54, 1.807) is 0 Å². The van der Waals surface area contributed by atoms with Gasteiger partial charge in [-0.1, -0.05) is 96.2 Å². The largest absolute Gasteiger partial charge is 0.417 e. The van der Waals surface area contributed by atoms with E-state index in [1.807, 2.05) is 0 Å². The van der Waals surface area contributed by atoms with Gasteiger partial charge in [0.1, 0.15) is 0 Å². The van der Waals surface area contributed by atoms with Crippen LogP contribution in [0.3, 0.4) is 0 Å². The van der Waals surface area contributed by atoms with Crippen LogP contribution in [-0.2, 0) is 27.2 Å². The molecule has 0 aromatic heterocycles. The second-order valence-corrected chi connectivity index (χ2v) is 52.6. The Kier molecular flexibility index (Phi) is 21.8. The number of ether oxygens (including phenoxy) is 2. The molecular weight excluding hydrogens is 757 g/mol. The summed E-state index contributed by atoms with van der Waals surface area (Å²) in [6.07, 6.45) is 0.947. The fourth-order valence-corrected chi connectivity index (χ4v) is 15.1. The van der Waals surface area contributed by atoms with Crippen LogP contribution in [0.4, 0.5) is 0 Å². The maximum atomic E-state index is 6.67. The molecule has 320 valence electrons. The molecule has 0 rings (SSSR count). The molecule has 53 heavy (non-hydrogen) atoms. The van der Waals surface area contributed by atoms with Gasteiger partial charge < -0.3 is 27.2 Å². The highest BCUT2D eigenvalue weighted by Crippen LogP contribution is 2.40. The van der Waals surface area contributed by atoms with Gasteiger partial charge in [-0.05, 0) is 115 Å². The normalized spacial score (nSPS) is 15.1. The van der Waals surface area contributed by atoms with Crippen molar-refractivity contribution in [2.45, 2.75) is 211 Å². The lowest BCUT2D eigenvalue weighted by atomic mass is 10.2. The first-order chi connectivity index (χ1) is 23.5. The van der Waals surface area contributed by atoms with Crippen molar-refractivity contribution in [1.82, 2.24) is 0 Å². The van der Waals surface area contributed by atoms with Gasteiger partial charge in [0.15, 0.2) is 33.3 Å². The second kappa shape index (κ2) is 21.4. The zero-order valence-electron chi connectivity index (χ0n) is 40.1. The molecule has 0 heterocycles. The zero-order chi connectivity index (χ0) is 41.8. The Balaban J connectivity index is 5.09. The van der Waals surface area contributed by atoms with Crippen molar-refractivity contribution in [3.05, 3.63) is 0 Å². The molecule has 12 heteroatoms. The molecule has 0 aromatic carbocycles. The summed E-state index contributed by atoms with van der Waals surface area (Å²) >= 11 is 0. The van der Waals surface area contributed by atoms with Crippen molar-refractivity contribution in [2.24, 2.45) is 0 Å². The van der Waals surface area contributed by atoms with Crippen LogP contribution in [0.5, 0.6) is 0 Å². The predicted octanol–water partition coefficient (Wildman–Crippen LogP) is 13.7. The lowest BCUT2D eigenvalue weighted by molar-refractivity contribution is 0.0929. The van der Waals surface area contributed by atoms with Gasteiger partial charge in [-0.2, -0.15) is 0 Å².